The summed E-state index contributed by atoms with van der Waals surface area (Å²) in [6.45, 7) is 2.87. The first-order chi connectivity index (χ1) is 12.0. The maximum absolute atomic E-state index is 12.7. The van der Waals surface area contributed by atoms with Gasteiger partial charge in [-0.1, -0.05) is 26.0 Å². The summed E-state index contributed by atoms with van der Waals surface area (Å²) in [7, 11) is -3.67. The smallest absolute Gasteiger partial charge is 0.347 e. The van der Waals surface area contributed by atoms with Crippen LogP contribution in [0.25, 0.3) is 0 Å². The van der Waals surface area contributed by atoms with Crippen LogP contribution in [0.5, 0.6) is 0 Å². The topological polar surface area (TPSA) is 66.5 Å². The Morgan fingerprint density at radius 2 is 1.73 bits per heavy atom. The van der Waals surface area contributed by atoms with Gasteiger partial charge in [-0.2, -0.15) is 17.5 Å². The molecule has 5 nitrogen and oxygen atoms in total. The zero-order valence-corrected chi connectivity index (χ0v) is 15.5. The Kier molecular flexibility index (Phi) is 6.33. The fraction of sp³-hybridized carbons (Fsp3) is 0.588. The van der Waals surface area contributed by atoms with Crippen LogP contribution in [0, 0.1) is 5.92 Å². The molecule has 1 aromatic carbocycles. The Morgan fingerprint density at radius 3 is 2.19 bits per heavy atom. The number of piperidine rings is 1. The first kappa shape index (κ1) is 20.7. The first-order valence-electron chi connectivity index (χ1n) is 8.45. The van der Waals surface area contributed by atoms with Gasteiger partial charge >= 0.3 is 6.18 Å². The average Bonchev–Trinajstić information content (AvgIpc) is 2.59. The molecule has 0 aromatic heterocycles. The Balaban J connectivity index is 1.96. The molecule has 0 radical (unpaired) electrons. The summed E-state index contributed by atoms with van der Waals surface area (Å²) < 4.78 is 63.1. The summed E-state index contributed by atoms with van der Waals surface area (Å²) in [5.41, 5.74) is 1.03. The molecule has 0 spiro atoms. The second-order valence-electron chi connectivity index (χ2n) is 6.74. The van der Waals surface area contributed by atoms with Gasteiger partial charge in [0, 0.05) is 19.0 Å². The number of nitrogens with one attached hydrogen (secondary N) is 1. The van der Waals surface area contributed by atoms with E-state index in [1.165, 1.54) is 4.31 Å². The molecule has 1 fully saturated rings. The Morgan fingerprint density at radius 1 is 1.19 bits per heavy atom. The van der Waals surface area contributed by atoms with Crippen LogP contribution < -0.4 is 5.32 Å². The lowest BCUT2D eigenvalue weighted by Gasteiger charge is -2.30. The predicted molar refractivity (Wildman–Crippen MR) is 91.1 cm³/mol. The van der Waals surface area contributed by atoms with Crippen molar-refractivity contribution < 1.29 is 26.4 Å². The highest BCUT2D eigenvalue weighted by molar-refractivity contribution is 7.89. The molecule has 1 N–H and O–H groups in total. The Bertz CT molecular complexity index is 723. The fourth-order valence-corrected chi connectivity index (χ4v) is 4.33. The highest BCUT2D eigenvalue weighted by Gasteiger charge is 2.34. The first-order valence-corrected chi connectivity index (χ1v) is 9.89. The lowest BCUT2D eigenvalue weighted by atomic mass is 9.97. The van der Waals surface area contributed by atoms with Gasteiger partial charge in [0.25, 0.3) is 0 Å². The van der Waals surface area contributed by atoms with E-state index in [1.54, 1.807) is 24.3 Å². The maximum atomic E-state index is 12.7. The van der Waals surface area contributed by atoms with E-state index in [4.69, 9.17) is 0 Å². The van der Waals surface area contributed by atoms with E-state index >= 15 is 0 Å². The number of hydrogen-bond acceptors (Lipinski definition) is 3. The Labute approximate surface area is 151 Å². The number of carbonyl (C=O) groups excluding carboxylic acids is 1. The van der Waals surface area contributed by atoms with E-state index in [-0.39, 0.29) is 36.7 Å². The van der Waals surface area contributed by atoms with E-state index in [0.29, 0.717) is 0 Å². The molecule has 0 aliphatic carbocycles. The van der Waals surface area contributed by atoms with E-state index < -0.39 is 34.6 Å². The highest BCUT2D eigenvalue weighted by Crippen LogP contribution is 2.25. The predicted octanol–water partition coefficient (Wildman–Crippen LogP) is 2.89. The lowest BCUT2D eigenvalue weighted by molar-refractivity contribution is -0.141. The highest BCUT2D eigenvalue weighted by atomic mass is 32.2. The number of halogens is 3. The molecule has 146 valence electrons. The third-order valence-electron chi connectivity index (χ3n) is 4.47. The van der Waals surface area contributed by atoms with E-state index in [2.05, 4.69) is 0 Å². The van der Waals surface area contributed by atoms with Crippen LogP contribution in [0.3, 0.4) is 0 Å². The van der Waals surface area contributed by atoms with Gasteiger partial charge in [-0.15, -0.1) is 0 Å². The summed E-state index contributed by atoms with van der Waals surface area (Å²) in [5.74, 6) is -0.995. The van der Waals surface area contributed by atoms with Gasteiger partial charge in [-0.3, -0.25) is 4.79 Å². The van der Waals surface area contributed by atoms with Crippen LogP contribution in [0.2, 0.25) is 0 Å². The second-order valence-corrected chi connectivity index (χ2v) is 8.67. The summed E-state index contributed by atoms with van der Waals surface area (Å²) in [5, 5.41) is 1.86. The maximum Gasteiger partial charge on any atom is 0.405 e. The van der Waals surface area contributed by atoms with Gasteiger partial charge in [0.15, 0.2) is 0 Å². The van der Waals surface area contributed by atoms with Gasteiger partial charge < -0.3 is 5.32 Å². The largest absolute Gasteiger partial charge is 0.405 e. The van der Waals surface area contributed by atoms with E-state index in [0.717, 1.165) is 5.56 Å². The molecule has 1 aromatic rings. The monoisotopic (exact) mass is 392 g/mol. The zero-order valence-electron chi connectivity index (χ0n) is 14.7. The van der Waals surface area contributed by atoms with Crippen molar-refractivity contribution >= 4 is 15.9 Å². The van der Waals surface area contributed by atoms with Gasteiger partial charge in [-0.25, -0.2) is 8.42 Å². The van der Waals surface area contributed by atoms with Crippen molar-refractivity contribution in [2.75, 3.05) is 19.6 Å². The minimum absolute atomic E-state index is 0.109. The third kappa shape index (κ3) is 5.20. The van der Waals surface area contributed by atoms with E-state index in [1.807, 2.05) is 19.2 Å². The van der Waals surface area contributed by atoms with Crippen molar-refractivity contribution in [3.05, 3.63) is 29.8 Å². The number of carbonyl (C=O) groups is 1. The minimum atomic E-state index is -4.46. The van der Waals surface area contributed by atoms with Crippen molar-refractivity contribution in [3.63, 3.8) is 0 Å². The number of alkyl halides is 3. The molecule has 1 heterocycles. The van der Waals surface area contributed by atoms with Crippen molar-refractivity contribution in [1.82, 2.24) is 9.62 Å². The Hall–Kier alpha value is -1.61. The van der Waals surface area contributed by atoms with Gasteiger partial charge in [0.1, 0.15) is 6.54 Å². The van der Waals surface area contributed by atoms with Crippen LogP contribution in [0.1, 0.15) is 38.2 Å². The van der Waals surface area contributed by atoms with Crippen molar-refractivity contribution in [1.29, 1.82) is 0 Å². The molecule has 0 saturated carbocycles. The molecule has 1 aliphatic rings. The van der Waals surface area contributed by atoms with Crippen molar-refractivity contribution in [3.8, 4) is 0 Å². The number of rotatable bonds is 5. The number of sulfonamides is 1. The average molecular weight is 392 g/mol. The number of amides is 1. The molecule has 0 atom stereocenters. The van der Waals surface area contributed by atoms with Crippen LogP contribution in [-0.4, -0.2) is 44.4 Å². The minimum Gasteiger partial charge on any atom is -0.347 e. The summed E-state index contributed by atoms with van der Waals surface area (Å²) in [6.07, 6.45) is -4.05. The van der Waals surface area contributed by atoms with Crippen molar-refractivity contribution in [2.45, 2.75) is 43.7 Å². The molecule has 1 saturated heterocycles. The quantitative estimate of drug-likeness (QED) is 0.838. The number of benzene rings is 1. The fourth-order valence-electron chi connectivity index (χ4n) is 2.86. The standard InChI is InChI=1S/C17H23F3N2O3S/c1-12(2)13-3-5-15(6-4-13)26(24,25)22-9-7-14(8-10-22)16(23)21-11-17(18,19)20/h3-6,12,14H,7-11H2,1-2H3,(H,21,23). The normalized spacial score (nSPS) is 17.5. The van der Waals surface area contributed by atoms with Crippen LogP contribution >= 0.6 is 0 Å². The summed E-state index contributed by atoms with van der Waals surface area (Å²) in [4.78, 5) is 12.0. The molecule has 1 aliphatic heterocycles. The molecule has 2 rings (SSSR count). The zero-order chi connectivity index (χ0) is 19.5. The van der Waals surface area contributed by atoms with Gasteiger partial charge in [0.05, 0.1) is 4.90 Å². The molecule has 0 bridgehead atoms. The molecular formula is C17H23F3N2O3S. The van der Waals surface area contributed by atoms with Gasteiger partial charge in [0.2, 0.25) is 15.9 Å². The van der Waals surface area contributed by atoms with Crippen LogP contribution in [0.15, 0.2) is 29.2 Å². The lowest BCUT2D eigenvalue weighted by Crippen LogP contribution is -2.44. The molecule has 0 unspecified atom stereocenters. The molecule has 1 amide bonds. The molecule has 26 heavy (non-hydrogen) atoms. The number of hydrogen-bond donors (Lipinski definition) is 1. The van der Waals surface area contributed by atoms with Crippen LogP contribution in [-0.2, 0) is 14.8 Å². The second kappa shape index (κ2) is 7.96. The van der Waals surface area contributed by atoms with E-state index in [9.17, 15) is 26.4 Å². The van der Waals surface area contributed by atoms with Crippen molar-refractivity contribution in [2.24, 2.45) is 5.92 Å². The van der Waals surface area contributed by atoms with Crippen LogP contribution in [0.4, 0.5) is 13.2 Å². The molecule has 9 heteroatoms. The number of nitrogens with zero attached hydrogens (tertiary/aromatic N) is 1. The van der Waals surface area contributed by atoms with Gasteiger partial charge in [-0.05, 0) is 36.5 Å². The summed E-state index contributed by atoms with van der Waals surface area (Å²) >= 11 is 0. The third-order valence-corrected chi connectivity index (χ3v) is 6.39. The summed E-state index contributed by atoms with van der Waals surface area (Å²) in [6, 6.07) is 6.67. The molecular weight excluding hydrogens is 369 g/mol. The SMILES string of the molecule is CC(C)c1ccc(S(=O)(=O)N2CCC(C(=O)NCC(F)(F)F)CC2)cc1.